The number of rotatable bonds is 3. The number of thiophene rings is 1. The van der Waals surface area contributed by atoms with E-state index in [1.165, 1.54) is 11.3 Å². The maximum Gasteiger partial charge on any atom is 0.357 e. The van der Waals surface area contributed by atoms with Crippen LogP contribution in [0.1, 0.15) is 37.4 Å². The molecule has 0 fully saturated rings. The molecule has 0 unspecified atom stereocenters. The van der Waals surface area contributed by atoms with E-state index in [9.17, 15) is 4.79 Å². The van der Waals surface area contributed by atoms with Gasteiger partial charge in [-0.1, -0.05) is 13.8 Å². The summed E-state index contributed by atoms with van der Waals surface area (Å²) in [6, 6.07) is 2.06. The highest BCUT2D eigenvalue weighted by Crippen LogP contribution is 2.30. The van der Waals surface area contributed by atoms with Crippen molar-refractivity contribution in [3.8, 4) is 0 Å². The molecule has 5 heteroatoms. The third-order valence-electron chi connectivity index (χ3n) is 3.67. The van der Waals surface area contributed by atoms with Crippen molar-refractivity contribution in [2.75, 3.05) is 0 Å². The van der Waals surface area contributed by atoms with Crippen molar-refractivity contribution in [2.24, 2.45) is 5.92 Å². The molecule has 0 aromatic carbocycles. The fraction of sp³-hybridized carbons (Fsp3) is 0.438. The van der Waals surface area contributed by atoms with E-state index >= 15 is 0 Å². The Labute approximate surface area is 126 Å². The minimum atomic E-state index is -0.294. The van der Waals surface area contributed by atoms with E-state index in [1.807, 2.05) is 13.8 Å². The fourth-order valence-electron chi connectivity index (χ4n) is 2.27. The second kappa shape index (κ2) is 5.22. The van der Waals surface area contributed by atoms with Crippen LogP contribution < -0.4 is 5.63 Å². The van der Waals surface area contributed by atoms with Gasteiger partial charge in [-0.15, -0.1) is 11.3 Å². The van der Waals surface area contributed by atoms with Crippen LogP contribution in [0.2, 0.25) is 0 Å². The molecular weight excluding hydrogens is 284 g/mol. The topological polar surface area (TPSA) is 56.0 Å². The Bertz CT molecular complexity index is 877. The van der Waals surface area contributed by atoms with E-state index < -0.39 is 0 Å². The molecule has 3 rings (SSSR count). The van der Waals surface area contributed by atoms with Gasteiger partial charge in [-0.2, -0.15) is 0 Å². The Morgan fingerprint density at radius 3 is 2.76 bits per heavy atom. The Morgan fingerprint density at radius 1 is 1.29 bits per heavy atom. The number of aryl methyl sites for hydroxylation is 3. The molecule has 0 amide bonds. The average molecular weight is 302 g/mol. The third-order valence-corrected chi connectivity index (χ3v) is 4.74. The van der Waals surface area contributed by atoms with E-state index in [2.05, 4.69) is 29.9 Å². The van der Waals surface area contributed by atoms with Crippen molar-refractivity contribution in [3.63, 3.8) is 0 Å². The first-order chi connectivity index (χ1) is 9.95. The van der Waals surface area contributed by atoms with Crippen LogP contribution in [0, 0.1) is 19.8 Å². The van der Waals surface area contributed by atoms with Crippen molar-refractivity contribution < 1.29 is 4.42 Å². The lowest BCUT2D eigenvalue weighted by Gasteiger charge is -2.03. The smallest absolute Gasteiger partial charge is 0.357 e. The van der Waals surface area contributed by atoms with Gasteiger partial charge in [0.2, 0.25) is 0 Å². The van der Waals surface area contributed by atoms with Gasteiger partial charge in [0.15, 0.2) is 5.89 Å². The van der Waals surface area contributed by atoms with Crippen LogP contribution in [-0.2, 0) is 6.42 Å². The number of hydrogen-bond acceptors (Lipinski definition) is 5. The molecule has 3 aromatic rings. The van der Waals surface area contributed by atoms with Crippen molar-refractivity contribution in [1.82, 2.24) is 9.97 Å². The highest BCUT2D eigenvalue weighted by Gasteiger charge is 2.15. The largest absolute Gasteiger partial charge is 0.407 e. The first kappa shape index (κ1) is 14.2. The van der Waals surface area contributed by atoms with E-state index in [-0.39, 0.29) is 5.63 Å². The highest BCUT2D eigenvalue weighted by atomic mass is 32.1. The summed E-state index contributed by atoms with van der Waals surface area (Å²) < 4.78 is 5.91. The molecule has 0 spiro atoms. The number of pyridine rings is 1. The quantitative estimate of drug-likeness (QED) is 0.733. The van der Waals surface area contributed by atoms with Gasteiger partial charge in [-0.05, 0) is 37.8 Å². The number of hydrogen-bond donors (Lipinski definition) is 0. The normalized spacial score (nSPS) is 11.9. The van der Waals surface area contributed by atoms with Crippen LogP contribution in [0.15, 0.2) is 15.3 Å². The Morgan fingerprint density at radius 2 is 2.05 bits per heavy atom. The number of aromatic nitrogens is 2. The van der Waals surface area contributed by atoms with Crippen LogP contribution in [0.4, 0.5) is 0 Å². The third kappa shape index (κ3) is 2.58. The molecule has 21 heavy (non-hydrogen) atoms. The summed E-state index contributed by atoms with van der Waals surface area (Å²) >= 11 is 1.36. The summed E-state index contributed by atoms with van der Waals surface area (Å²) in [5.74, 6) is 1.08. The van der Waals surface area contributed by atoms with Crippen molar-refractivity contribution in [1.29, 1.82) is 0 Å². The summed E-state index contributed by atoms with van der Waals surface area (Å²) in [6.07, 6.45) is 1.65. The van der Waals surface area contributed by atoms with Crippen molar-refractivity contribution in [3.05, 3.63) is 33.6 Å². The summed E-state index contributed by atoms with van der Waals surface area (Å²) in [5, 5.41) is 0.955. The molecule has 0 radical (unpaired) electrons. The summed E-state index contributed by atoms with van der Waals surface area (Å²) in [4.78, 5) is 22.1. The van der Waals surface area contributed by atoms with Gasteiger partial charge in [0, 0.05) is 17.5 Å². The lowest BCUT2D eigenvalue weighted by atomic mass is 10.1. The average Bonchev–Trinajstić information content (AvgIpc) is 2.76. The van der Waals surface area contributed by atoms with Gasteiger partial charge >= 0.3 is 5.63 Å². The van der Waals surface area contributed by atoms with Gasteiger partial charge in [0.05, 0.1) is 0 Å². The van der Waals surface area contributed by atoms with Crippen molar-refractivity contribution >= 4 is 31.8 Å². The minimum absolute atomic E-state index is 0.294. The summed E-state index contributed by atoms with van der Waals surface area (Å²) in [5.41, 5.74) is 2.54. The maximum atomic E-state index is 12.2. The zero-order valence-corrected chi connectivity index (χ0v) is 13.5. The standard InChI is InChI=1S/C16H18N2O2S/c1-8(2)5-6-12-18-13-11-7-9(3)10(4)17-15(11)21-14(13)16(19)20-12/h7-8H,5-6H2,1-4H3. The number of fused-ring (bicyclic) bond motifs is 3. The summed E-state index contributed by atoms with van der Waals surface area (Å²) in [7, 11) is 0. The predicted molar refractivity (Wildman–Crippen MR) is 86.1 cm³/mol. The van der Waals surface area contributed by atoms with Gasteiger partial charge < -0.3 is 4.42 Å². The highest BCUT2D eigenvalue weighted by molar-refractivity contribution is 7.25. The monoisotopic (exact) mass is 302 g/mol. The zero-order valence-electron chi connectivity index (χ0n) is 12.7. The molecule has 0 atom stereocenters. The molecule has 0 saturated carbocycles. The first-order valence-corrected chi connectivity index (χ1v) is 7.98. The van der Waals surface area contributed by atoms with Crippen LogP contribution in [-0.4, -0.2) is 9.97 Å². The Balaban J connectivity index is 2.22. The molecule has 4 nitrogen and oxygen atoms in total. The maximum absolute atomic E-state index is 12.2. The molecular formula is C16H18N2O2S. The molecule has 0 bridgehead atoms. The van der Waals surface area contributed by atoms with E-state index in [0.29, 0.717) is 22.9 Å². The molecule has 0 aliphatic rings. The fourth-order valence-corrected chi connectivity index (χ4v) is 3.29. The van der Waals surface area contributed by atoms with Crippen molar-refractivity contribution in [2.45, 2.75) is 40.5 Å². The van der Waals surface area contributed by atoms with E-state index in [4.69, 9.17) is 4.42 Å². The SMILES string of the molecule is Cc1cc2c(nc1C)sc1c(=O)oc(CCC(C)C)nc12. The van der Waals surface area contributed by atoms with E-state index in [0.717, 1.165) is 33.4 Å². The second-order valence-electron chi connectivity index (χ2n) is 5.85. The van der Waals surface area contributed by atoms with Gasteiger partial charge in [-0.25, -0.2) is 14.8 Å². The minimum Gasteiger partial charge on any atom is -0.407 e. The molecule has 0 aliphatic carbocycles. The molecule has 110 valence electrons. The van der Waals surface area contributed by atoms with Crippen LogP contribution >= 0.6 is 11.3 Å². The predicted octanol–water partition coefficient (Wildman–Crippen LogP) is 4.00. The van der Waals surface area contributed by atoms with Crippen LogP contribution in [0.25, 0.3) is 20.4 Å². The van der Waals surface area contributed by atoms with Gasteiger partial charge in [0.25, 0.3) is 0 Å². The van der Waals surface area contributed by atoms with E-state index in [1.54, 1.807) is 0 Å². The van der Waals surface area contributed by atoms with Gasteiger partial charge in [-0.3, -0.25) is 0 Å². The number of nitrogens with zero attached hydrogens (tertiary/aromatic N) is 2. The zero-order chi connectivity index (χ0) is 15.1. The van der Waals surface area contributed by atoms with Crippen LogP contribution in [0.3, 0.4) is 0 Å². The Kier molecular flexibility index (Phi) is 3.53. The second-order valence-corrected chi connectivity index (χ2v) is 6.85. The molecule has 0 saturated heterocycles. The molecule has 0 aliphatic heterocycles. The van der Waals surface area contributed by atoms with Gasteiger partial charge in [0.1, 0.15) is 15.0 Å². The Hall–Kier alpha value is -1.75. The lowest BCUT2D eigenvalue weighted by molar-refractivity contribution is 0.423. The summed E-state index contributed by atoms with van der Waals surface area (Å²) in [6.45, 7) is 8.29. The lowest BCUT2D eigenvalue weighted by Crippen LogP contribution is -2.04. The van der Waals surface area contributed by atoms with Crippen LogP contribution in [0.5, 0.6) is 0 Å². The molecule has 3 heterocycles. The molecule has 0 N–H and O–H groups in total. The molecule has 3 aromatic heterocycles. The first-order valence-electron chi connectivity index (χ1n) is 7.16.